The van der Waals surface area contributed by atoms with Crippen molar-refractivity contribution >= 4 is 16.8 Å². The summed E-state index contributed by atoms with van der Waals surface area (Å²) in [7, 11) is 0. The third kappa shape index (κ3) is 3.98. The Labute approximate surface area is 175 Å². The maximum atomic E-state index is 13.2. The molecule has 1 aliphatic heterocycles. The molecule has 0 radical (unpaired) electrons. The smallest absolute Gasteiger partial charge is 0.258 e. The molecule has 0 bridgehead atoms. The first kappa shape index (κ1) is 20.2. The number of aromatic amines is 1. The van der Waals surface area contributed by atoms with Crippen LogP contribution in [0.2, 0.25) is 0 Å². The SMILES string of the molecule is CC(C)Cc1n[nH]c2cc(O)c(C(=O)N3Cc4ccc(OCCCN)cc4C3)cc12. The lowest BCUT2D eigenvalue weighted by Crippen LogP contribution is -2.25. The summed E-state index contributed by atoms with van der Waals surface area (Å²) in [4.78, 5) is 15.0. The molecule has 0 aliphatic carbocycles. The van der Waals surface area contributed by atoms with Gasteiger partial charge in [0.25, 0.3) is 5.91 Å². The van der Waals surface area contributed by atoms with Crippen LogP contribution >= 0.6 is 0 Å². The zero-order valence-electron chi connectivity index (χ0n) is 17.4. The van der Waals surface area contributed by atoms with E-state index in [0.29, 0.717) is 37.7 Å². The zero-order chi connectivity index (χ0) is 21.3. The number of phenolic OH excluding ortho intramolecular Hbond substituents is 1. The Morgan fingerprint density at radius 2 is 2.07 bits per heavy atom. The summed E-state index contributed by atoms with van der Waals surface area (Å²) < 4.78 is 5.72. The largest absolute Gasteiger partial charge is 0.507 e. The number of ether oxygens (including phenoxy) is 1. The molecule has 2 heterocycles. The zero-order valence-corrected chi connectivity index (χ0v) is 17.4. The van der Waals surface area contributed by atoms with E-state index in [9.17, 15) is 9.90 Å². The Kier molecular flexibility index (Phi) is 5.63. The van der Waals surface area contributed by atoms with Crippen molar-refractivity contribution in [1.82, 2.24) is 15.1 Å². The summed E-state index contributed by atoms with van der Waals surface area (Å²) >= 11 is 0. The fourth-order valence-electron chi connectivity index (χ4n) is 3.87. The molecule has 30 heavy (non-hydrogen) atoms. The Balaban J connectivity index is 1.55. The van der Waals surface area contributed by atoms with E-state index >= 15 is 0 Å². The van der Waals surface area contributed by atoms with Gasteiger partial charge < -0.3 is 20.5 Å². The van der Waals surface area contributed by atoms with E-state index in [0.717, 1.165) is 46.3 Å². The highest BCUT2D eigenvalue weighted by atomic mass is 16.5. The fourth-order valence-corrected chi connectivity index (χ4v) is 3.87. The van der Waals surface area contributed by atoms with Crippen molar-refractivity contribution in [2.75, 3.05) is 13.2 Å². The van der Waals surface area contributed by atoms with E-state index < -0.39 is 0 Å². The topological polar surface area (TPSA) is 104 Å². The van der Waals surface area contributed by atoms with Gasteiger partial charge in [-0.15, -0.1) is 0 Å². The van der Waals surface area contributed by atoms with Gasteiger partial charge in [0.1, 0.15) is 11.5 Å². The minimum atomic E-state index is -0.187. The van der Waals surface area contributed by atoms with Crippen LogP contribution in [0.3, 0.4) is 0 Å². The lowest BCUT2D eigenvalue weighted by Gasteiger charge is -2.16. The molecule has 0 saturated heterocycles. The highest BCUT2D eigenvalue weighted by Gasteiger charge is 2.27. The van der Waals surface area contributed by atoms with Crippen molar-refractivity contribution in [1.29, 1.82) is 0 Å². The van der Waals surface area contributed by atoms with Gasteiger partial charge in [0, 0.05) is 24.5 Å². The number of aromatic nitrogens is 2. The highest BCUT2D eigenvalue weighted by Crippen LogP contribution is 2.32. The molecule has 1 amide bonds. The molecule has 7 heteroatoms. The van der Waals surface area contributed by atoms with Crippen molar-refractivity contribution in [2.24, 2.45) is 11.7 Å². The molecule has 3 aromatic rings. The molecule has 7 nitrogen and oxygen atoms in total. The minimum Gasteiger partial charge on any atom is -0.507 e. The number of phenols is 1. The van der Waals surface area contributed by atoms with Gasteiger partial charge in [0.2, 0.25) is 0 Å². The monoisotopic (exact) mass is 408 g/mol. The molecule has 0 unspecified atom stereocenters. The molecule has 0 atom stereocenters. The van der Waals surface area contributed by atoms with E-state index in [1.54, 1.807) is 17.0 Å². The van der Waals surface area contributed by atoms with Crippen molar-refractivity contribution in [3.05, 3.63) is 52.7 Å². The Morgan fingerprint density at radius 3 is 2.83 bits per heavy atom. The molecule has 1 aliphatic rings. The number of nitrogens with two attached hydrogens (primary N) is 1. The Bertz CT molecular complexity index is 1070. The molecule has 0 fully saturated rings. The number of carbonyl (C=O) groups is 1. The van der Waals surface area contributed by atoms with Gasteiger partial charge in [0.05, 0.1) is 23.4 Å². The Hall–Kier alpha value is -3.06. The molecule has 2 aromatic carbocycles. The van der Waals surface area contributed by atoms with Crippen molar-refractivity contribution in [3.8, 4) is 11.5 Å². The quantitative estimate of drug-likeness (QED) is 0.520. The third-order valence-corrected chi connectivity index (χ3v) is 5.39. The number of amides is 1. The van der Waals surface area contributed by atoms with E-state index in [1.165, 1.54) is 0 Å². The molecular weight excluding hydrogens is 380 g/mol. The first-order chi connectivity index (χ1) is 14.5. The average molecular weight is 409 g/mol. The standard InChI is InChI=1S/C23H28N4O3/c1-14(2)8-20-18-10-19(22(28)11-21(18)26-25-20)23(29)27-12-15-4-5-17(9-16(15)13-27)30-7-3-6-24/h4-5,9-11,14,28H,3,6-8,12-13,24H2,1-2H3,(H,25,26). The van der Waals surface area contributed by atoms with Gasteiger partial charge in [-0.05, 0) is 54.6 Å². The van der Waals surface area contributed by atoms with Gasteiger partial charge in [-0.1, -0.05) is 19.9 Å². The molecule has 1 aromatic heterocycles. The summed E-state index contributed by atoms with van der Waals surface area (Å²) in [6, 6.07) is 9.26. The third-order valence-electron chi connectivity index (χ3n) is 5.39. The van der Waals surface area contributed by atoms with E-state index in [2.05, 4.69) is 24.0 Å². The number of hydrogen-bond donors (Lipinski definition) is 3. The second-order valence-corrected chi connectivity index (χ2v) is 8.27. The van der Waals surface area contributed by atoms with Gasteiger partial charge >= 0.3 is 0 Å². The van der Waals surface area contributed by atoms with Crippen LogP contribution in [0.5, 0.6) is 11.5 Å². The van der Waals surface area contributed by atoms with Crippen LogP contribution < -0.4 is 10.5 Å². The number of H-pyrrole nitrogens is 1. The van der Waals surface area contributed by atoms with Crippen LogP contribution in [-0.2, 0) is 19.5 Å². The second-order valence-electron chi connectivity index (χ2n) is 8.27. The van der Waals surface area contributed by atoms with Gasteiger partial charge in [-0.3, -0.25) is 9.89 Å². The van der Waals surface area contributed by atoms with Crippen LogP contribution in [0.4, 0.5) is 0 Å². The Morgan fingerprint density at radius 1 is 1.27 bits per heavy atom. The van der Waals surface area contributed by atoms with Gasteiger partial charge in [-0.25, -0.2) is 0 Å². The molecular formula is C23H28N4O3. The number of aromatic hydroxyl groups is 1. The van der Waals surface area contributed by atoms with Gasteiger partial charge in [0.15, 0.2) is 0 Å². The number of benzene rings is 2. The summed E-state index contributed by atoms with van der Waals surface area (Å²) in [5.74, 6) is 1.01. The minimum absolute atomic E-state index is 0.0333. The highest BCUT2D eigenvalue weighted by molar-refractivity contribution is 6.01. The summed E-state index contributed by atoms with van der Waals surface area (Å²) in [5.41, 5.74) is 9.64. The summed E-state index contributed by atoms with van der Waals surface area (Å²) in [5, 5.41) is 18.7. The van der Waals surface area contributed by atoms with E-state index in [-0.39, 0.29) is 11.7 Å². The van der Waals surface area contributed by atoms with Crippen LogP contribution in [-0.4, -0.2) is 39.3 Å². The first-order valence-corrected chi connectivity index (χ1v) is 10.4. The maximum absolute atomic E-state index is 13.2. The van der Waals surface area contributed by atoms with Crippen molar-refractivity contribution in [3.63, 3.8) is 0 Å². The van der Waals surface area contributed by atoms with Crippen molar-refractivity contribution < 1.29 is 14.6 Å². The molecule has 4 N–H and O–H groups in total. The van der Waals surface area contributed by atoms with Crippen LogP contribution in [0.15, 0.2) is 30.3 Å². The fraction of sp³-hybridized carbons (Fsp3) is 0.391. The molecule has 4 rings (SSSR count). The van der Waals surface area contributed by atoms with Gasteiger partial charge in [-0.2, -0.15) is 5.10 Å². The predicted octanol–water partition coefficient (Wildman–Crippen LogP) is 3.35. The number of fused-ring (bicyclic) bond motifs is 2. The van der Waals surface area contributed by atoms with Crippen molar-refractivity contribution in [2.45, 2.75) is 39.8 Å². The number of nitrogens with one attached hydrogen (secondary N) is 1. The number of rotatable bonds is 7. The summed E-state index contributed by atoms with van der Waals surface area (Å²) in [6.07, 6.45) is 1.61. The second kappa shape index (κ2) is 8.36. The predicted molar refractivity (Wildman–Crippen MR) is 115 cm³/mol. The first-order valence-electron chi connectivity index (χ1n) is 10.4. The van der Waals surface area contributed by atoms with Crippen LogP contribution in [0, 0.1) is 5.92 Å². The molecule has 0 saturated carbocycles. The molecule has 158 valence electrons. The number of nitrogens with zero attached hydrogens (tertiary/aromatic N) is 2. The van der Waals surface area contributed by atoms with Crippen LogP contribution in [0.1, 0.15) is 47.4 Å². The molecule has 0 spiro atoms. The average Bonchev–Trinajstić information content (AvgIpc) is 3.30. The van der Waals surface area contributed by atoms with E-state index in [1.807, 2.05) is 18.2 Å². The normalized spacial score (nSPS) is 13.3. The number of carbonyl (C=O) groups excluding carboxylic acids is 1. The lowest BCUT2D eigenvalue weighted by molar-refractivity contribution is 0.0748. The van der Waals surface area contributed by atoms with Crippen LogP contribution in [0.25, 0.3) is 10.9 Å². The maximum Gasteiger partial charge on any atom is 0.258 e. The number of hydrogen-bond acceptors (Lipinski definition) is 5. The summed E-state index contributed by atoms with van der Waals surface area (Å²) in [6.45, 7) is 6.43. The van der Waals surface area contributed by atoms with E-state index in [4.69, 9.17) is 10.5 Å². The lowest BCUT2D eigenvalue weighted by atomic mass is 10.0.